The van der Waals surface area contributed by atoms with Gasteiger partial charge in [0, 0.05) is 31.3 Å². The van der Waals surface area contributed by atoms with Crippen LogP contribution in [0.25, 0.3) is 0 Å². The second-order valence-corrected chi connectivity index (χ2v) is 6.41. The van der Waals surface area contributed by atoms with Gasteiger partial charge >= 0.3 is 0 Å². The molecular weight excluding hydrogens is 284 g/mol. The summed E-state index contributed by atoms with van der Waals surface area (Å²) in [6, 6.07) is 0. The van der Waals surface area contributed by atoms with Crippen molar-refractivity contribution in [2.45, 2.75) is 66.6 Å². The van der Waals surface area contributed by atoms with Crippen LogP contribution in [0.15, 0.2) is 12.2 Å². The van der Waals surface area contributed by atoms with E-state index in [1.54, 1.807) is 6.92 Å². The van der Waals surface area contributed by atoms with Gasteiger partial charge in [0.25, 0.3) is 0 Å². The average Bonchev–Trinajstić information content (AvgIpc) is 2.47. The van der Waals surface area contributed by atoms with E-state index in [-0.39, 0.29) is 16.8 Å². The van der Waals surface area contributed by atoms with Gasteiger partial charge in [-0.25, -0.2) is 0 Å². The molecule has 0 saturated carbocycles. The number of rotatable bonds is 12. The van der Waals surface area contributed by atoms with Crippen molar-refractivity contribution in [3.8, 4) is 0 Å². The van der Waals surface area contributed by atoms with Gasteiger partial charge in [-0.3, -0.25) is 4.79 Å². The van der Waals surface area contributed by atoms with E-state index >= 15 is 0 Å². The summed E-state index contributed by atoms with van der Waals surface area (Å²) in [5, 5.41) is 0.156. The van der Waals surface area contributed by atoms with Crippen molar-refractivity contribution >= 4 is 16.9 Å². The lowest BCUT2D eigenvalue weighted by atomic mass is 9.80. The zero-order valence-corrected chi connectivity index (χ0v) is 15.1. The first-order valence-electron chi connectivity index (χ1n) is 8.04. The van der Waals surface area contributed by atoms with E-state index in [9.17, 15) is 4.79 Å². The summed E-state index contributed by atoms with van der Waals surface area (Å²) < 4.78 is 11.8. The number of hydrogen-bond acceptors (Lipinski definition) is 4. The zero-order valence-electron chi connectivity index (χ0n) is 14.3. The molecule has 0 aromatic carbocycles. The molecule has 0 aromatic rings. The summed E-state index contributed by atoms with van der Waals surface area (Å²) in [5.41, 5.74) is -0.134. The van der Waals surface area contributed by atoms with Crippen LogP contribution in [0.1, 0.15) is 60.3 Å². The van der Waals surface area contributed by atoms with Crippen LogP contribution >= 0.6 is 11.8 Å². The lowest BCUT2D eigenvalue weighted by Gasteiger charge is -2.39. The third kappa shape index (κ3) is 8.03. The van der Waals surface area contributed by atoms with Gasteiger partial charge in [-0.2, -0.15) is 0 Å². The van der Waals surface area contributed by atoms with Crippen LogP contribution in [0, 0.1) is 5.41 Å². The van der Waals surface area contributed by atoms with Gasteiger partial charge in [-0.05, 0) is 33.6 Å². The molecule has 0 aliphatic rings. The smallest absolute Gasteiger partial charge is 0.185 e. The van der Waals surface area contributed by atoms with Crippen molar-refractivity contribution in [2.75, 3.05) is 19.0 Å². The molecule has 0 radical (unpaired) electrons. The van der Waals surface area contributed by atoms with E-state index < -0.39 is 0 Å². The minimum absolute atomic E-state index is 0.134. The largest absolute Gasteiger partial charge is 0.352 e. The Bertz CT molecular complexity index is 298. The van der Waals surface area contributed by atoms with Crippen molar-refractivity contribution in [3.05, 3.63) is 12.2 Å². The SMILES string of the molecule is CC=CCC(CCCC)(CSC(C)=O)C(OCC)OCC. The molecule has 0 aliphatic heterocycles. The van der Waals surface area contributed by atoms with E-state index in [1.165, 1.54) is 11.8 Å². The van der Waals surface area contributed by atoms with Gasteiger partial charge in [0.15, 0.2) is 11.4 Å². The Morgan fingerprint density at radius 2 is 1.86 bits per heavy atom. The number of hydrogen-bond donors (Lipinski definition) is 0. The lowest BCUT2D eigenvalue weighted by molar-refractivity contribution is -0.199. The number of thioether (sulfide) groups is 1. The first-order chi connectivity index (χ1) is 10.1. The molecule has 124 valence electrons. The van der Waals surface area contributed by atoms with Crippen molar-refractivity contribution in [1.82, 2.24) is 0 Å². The Morgan fingerprint density at radius 3 is 2.29 bits per heavy atom. The molecular formula is C17H32O3S. The number of ether oxygens (including phenoxy) is 2. The molecule has 0 saturated heterocycles. The first-order valence-corrected chi connectivity index (χ1v) is 9.02. The van der Waals surface area contributed by atoms with Crippen molar-refractivity contribution < 1.29 is 14.3 Å². The summed E-state index contributed by atoms with van der Waals surface area (Å²) in [7, 11) is 0. The molecule has 0 N–H and O–H groups in total. The molecule has 0 aliphatic carbocycles. The highest BCUT2D eigenvalue weighted by Crippen LogP contribution is 2.39. The number of carbonyl (C=O) groups excluding carboxylic acids is 1. The predicted octanol–water partition coefficient (Wildman–Crippen LogP) is 4.81. The average molecular weight is 317 g/mol. The summed E-state index contributed by atoms with van der Waals surface area (Å²) >= 11 is 1.39. The molecule has 0 spiro atoms. The quantitative estimate of drug-likeness (QED) is 0.382. The van der Waals surface area contributed by atoms with E-state index in [0.717, 1.165) is 31.4 Å². The maximum atomic E-state index is 11.4. The molecule has 0 bridgehead atoms. The normalized spacial score (nSPS) is 14.8. The highest BCUT2D eigenvalue weighted by atomic mass is 32.2. The van der Waals surface area contributed by atoms with Gasteiger partial charge in [-0.15, -0.1) is 0 Å². The predicted molar refractivity (Wildman–Crippen MR) is 91.6 cm³/mol. The lowest BCUT2D eigenvalue weighted by Crippen LogP contribution is -2.41. The van der Waals surface area contributed by atoms with Crippen LogP contribution in [0.5, 0.6) is 0 Å². The molecule has 1 unspecified atom stereocenters. The molecule has 4 heteroatoms. The fourth-order valence-electron chi connectivity index (χ4n) is 2.35. The number of allylic oxidation sites excluding steroid dienone is 2. The standard InChI is InChI=1S/C17H32O3S/c1-6-10-12-17(13-11-7-2,14-21-15(5)18)16(19-8-3)20-9-4/h6,10,16H,7-9,11-14H2,1-5H3. The second kappa shape index (κ2) is 12.2. The van der Waals surface area contributed by atoms with E-state index in [4.69, 9.17) is 9.47 Å². The van der Waals surface area contributed by atoms with Crippen LogP contribution < -0.4 is 0 Å². The molecule has 0 fully saturated rings. The van der Waals surface area contributed by atoms with Crippen LogP contribution in [-0.2, 0) is 14.3 Å². The first kappa shape index (κ1) is 20.7. The Labute approximate surface area is 134 Å². The maximum absolute atomic E-state index is 11.4. The molecule has 0 aromatic heterocycles. The van der Waals surface area contributed by atoms with E-state index in [0.29, 0.717) is 13.2 Å². The van der Waals surface area contributed by atoms with Crippen LogP contribution in [-0.4, -0.2) is 30.4 Å². The summed E-state index contributed by atoms with van der Waals surface area (Å²) in [4.78, 5) is 11.4. The third-order valence-electron chi connectivity index (χ3n) is 3.49. The maximum Gasteiger partial charge on any atom is 0.185 e. The Morgan fingerprint density at radius 1 is 1.24 bits per heavy atom. The molecule has 0 amide bonds. The number of unbranched alkanes of at least 4 members (excludes halogenated alkanes) is 1. The highest BCUT2D eigenvalue weighted by molar-refractivity contribution is 8.13. The minimum atomic E-state index is -0.248. The van der Waals surface area contributed by atoms with Crippen molar-refractivity contribution in [2.24, 2.45) is 5.41 Å². The Balaban J connectivity index is 5.28. The topological polar surface area (TPSA) is 35.5 Å². The molecule has 1 atom stereocenters. The Hall–Kier alpha value is -0.320. The summed E-state index contributed by atoms with van der Waals surface area (Å²) in [6.07, 6.45) is 8.13. The highest BCUT2D eigenvalue weighted by Gasteiger charge is 2.39. The van der Waals surface area contributed by atoms with Gasteiger partial charge in [0.2, 0.25) is 0 Å². The fourth-order valence-corrected chi connectivity index (χ4v) is 3.24. The number of carbonyl (C=O) groups is 1. The Kier molecular flexibility index (Phi) is 12.1. The van der Waals surface area contributed by atoms with E-state index in [2.05, 4.69) is 19.1 Å². The summed E-state index contributed by atoms with van der Waals surface area (Å²) in [5.74, 6) is 0.747. The monoisotopic (exact) mass is 316 g/mol. The zero-order chi connectivity index (χ0) is 16.1. The molecule has 3 nitrogen and oxygen atoms in total. The third-order valence-corrected chi connectivity index (χ3v) is 4.61. The molecule has 0 rings (SSSR count). The molecule has 0 heterocycles. The van der Waals surface area contributed by atoms with Crippen molar-refractivity contribution in [1.29, 1.82) is 0 Å². The van der Waals surface area contributed by atoms with Crippen LogP contribution in [0.2, 0.25) is 0 Å². The second-order valence-electron chi connectivity index (χ2n) is 5.26. The van der Waals surface area contributed by atoms with Gasteiger partial charge in [0.1, 0.15) is 0 Å². The summed E-state index contributed by atoms with van der Waals surface area (Å²) in [6.45, 7) is 11.1. The minimum Gasteiger partial charge on any atom is -0.352 e. The molecule has 21 heavy (non-hydrogen) atoms. The van der Waals surface area contributed by atoms with E-state index in [1.807, 2.05) is 20.8 Å². The van der Waals surface area contributed by atoms with Crippen molar-refractivity contribution in [3.63, 3.8) is 0 Å². The van der Waals surface area contributed by atoms with Crippen LogP contribution in [0.4, 0.5) is 0 Å². The van der Waals surface area contributed by atoms with Gasteiger partial charge < -0.3 is 9.47 Å². The van der Waals surface area contributed by atoms with Crippen LogP contribution in [0.3, 0.4) is 0 Å². The van der Waals surface area contributed by atoms with Gasteiger partial charge in [-0.1, -0.05) is 43.7 Å². The fraction of sp³-hybridized carbons (Fsp3) is 0.824. The van der Waals surface area contributed by atoms with Gasteiger partial charge in [0.05, 0.1) is 0 Å².